The van der Waals surface area contributed by atoms with Crippen molar-refractivity contribution in [2.45, 2.75) is 13.0 Å². The fourth-order valence-electron chi connectivity index (χ4n) is 3.92. The Hall–Kier alpha value is -3.59. The minimum absolute atomic E-state index is 0.128. The van der Waals surface area contributed by atoms with Gasteiger partial charge in [-0.05, 0) is 43.3 Å². The number of aryl methyl sites for hydroxylation is 1. The van der Waals surface area contributed by atoms with Crippen LogP contribution in [0.1, 0.15) is 16.4 Å². The van der Waals surface area contributed by atoms with Crippen LogP contribution in [-0.4, -0.2) is 75.3 Å². The number of amides is 2. The standard InChI is InChI=1S/C23H22ClN5O4/c1-15-25-21(26-29(15)17-8-6-16(24)7-9-17)23(31)28-12-10-27(11-13-28)22(30)20-14-32-18-4-2-3-5-19(18)33-20/h2-9,20H,10-14H2,1H3. The Balaban J connectivity index is 1.21. The van der Waals surface area contributed by atoms with Gasteiger partial charge < -0.3 is 19.3 Å². The van der Waals surface area contributed by atoms with Gasteiger partial charge in [0.2, 0.25) is 11.9 Å². The summed E-state index contributed by atoms with van der Waals surface area (Å²) in [6.07, 6.45) is -0.693. The molecule has 2 aliphatic heterocycles. The summed E-state index contributed by atoms with van der Waals surface area (Å²) in [5, 5.41) is 5.01. The van der Waals surface area contributed by atoms with E-state index in [0.717, 1.165) is 5.69 Å². The second-order valence-electron chi connectivity index (χ2n) is 7.85. The molecule has 1 atom stereocenters. The third-order valence-corrected chi connectivity index (χ3v) is 5.95. The monoisotopic (exact) mass is 467 g/mol. The Labute approximate surface area is 195 Å². The highest BCUT2D eigenvalue weighted by atomic mass is 35.5. The highest BCUT2D eigenvalue weighted by Gasteiger charge is 2.34. The van der Waals surface area contributed by atoms with Crippen molar-refractivity contribution >= 4 is 23.4 Å². The Bertz CT molecular complexity index is 1190. The van der Waals surface area contributed by atoms with E-state index in [1.807, 2.05) is 30.3 Å². The van der Waals surface area contributed by atoms with E-state index in [0.29, 0.717) is 48.5 Å². The summed E-state index contributed by atoms with van der Waals surface area (Å²) in [6, 6.07) is 14.4. The Kier molecular flexibility index (Phi) is 5.63. The summed E-state index contributed by atoms with van der Waals surface area (Å²) in [5.41, 5.74) is 0.773. The third-order valence-electron chi connectivity index (χ3n) is 5.69. The maximum Gasteiger partial charge on any atom is 0.293 e. The summed E-state index contributed by atoms with van der Waals surface area (Å²) in [6.45, 7) is 3.55. The molecule has 33 heavy (non-hydrogen) atoms. The van der Waals surface area contributed by atoms with Crippen molar-refractivity contribution in [3.8, 4) is 17.2 Å². The molecule has 3 aromatic rings. The lowest BCUT2D eigenvalue weighted by Gasteiger charge is -2.36. The van der Waals surface area contributed by atoms with E-state index in [1.165, 1.54) is 0 Å². The summed E-state index contributed by atoms with van der Waals surface area (Å²) < 4.78 is 13.1. The van der Waals surface area contributed by atoms with Crippen molar-refractivity contribution < 1.29 is 19.1 Å². The number of para-hydroxylation sites is 2. The van der Waals surface area contributed by atoms with Crippen molar-refractivity contribution in [3.05, 3.63) is 65.2 Å². The average molecular weight is 468 g/mol. The van der Waals surface area contributed by atoms with E-state index >= 15 is 0 Å². The van der Waals surface area contributed by atoms with Crippen LogP contribution in [0.5, 0.6) is 11.5 Å². The van der Waals surface area contributed by atoms with Gasteiger partial charge in [-0.1, -0.05) is 23.7 Å². The molecule has 0 bridgehead atoms. The number of piperazine rings is 1. The topological polar surface area (TPSA) is 89.8 Å². The fraction of sp³-hybridized carbons (Fsp3) is 0.304. The number of fused-ring (bicyclic) bond motifs is 1. The molecule has 5 rings (SSSR count). The number of nitrogens with zero attached hydrogens (tertiary/aromatic N) is 5. The minimum Gasteiger partial charge on any atom is -0.485 e. The van der Waals surface area contributed by atoms with Crippen LogP contribution in [0.3, 0.4) is 0 Å². The lowest BCUT2D eigenvalue weighted by Crippen LogP contribution is -2.55. The molecule has 2 aliphatic rings. The summed E-state index contributed by atoms with van der Waals surface area (Å²) >= 11 is 5.95. The molecule has 2 amide bonds. The molecule has 0 saturated carbocycles. The van der Waals surface area contributed by atoms with Crippen LogP contribution in [0.4, 0.5) is 0 Å². The van der Waals surface area contributed by atoms with E-state index in [-0.39, 0.29) is 24.2 Å². The van der Waals surface area contributed by atoms with Gasteiger partial charge in [0.05, 0.1) is 5.69 Å². The molecular weight excluding hydrogens is 446 g/mol. The van der Waals surface area contributed by atoms with Crippen LogP contribution in [0, 0.1) is 6.92 Å². The zero-order chi connectivity index (χ0) is 22.9. The molecule has 170 valence electrons. The molecule has 9 nitrogen and oxygen atoms in total. The van der Waals surface area contributed by atoms with E-state index in [1.54, 1.807) is 39.6 Å². The number of hydrogen-bond acceptors (Lipinski definition) is 6. The molecule has 0 spiro atoms. The molecule has 1 saturated heterocycles. The third kappa shape index (κ3) is 4.23. The maximum absolute atomic E-state index is 13.0. The van der Waals surface area contributed by atoms with Gasteiger partial charge in [0, 0.05) is 31.2 Å². The van der Waals surface area contributed by atoms with Crippen LogP contribution >= 0.6 is 11.6 Å². The number of carbonyl (C=O) groups is 2. The van der Waals surface area contributed by atoms with Gasteiger partial charge in [-0.2, -0.15) is 0 Å². The second-order valence-corrected chi connectivity index (χ2v) is 8.29. The lowest BCUT2D eigenvalue weighted by molar-refractivity contribution is -0.142. The van der Waals surface area contributed by atoms with Gasteiger partial charge >= 0.3 is 0 Å². The first-order chi connectivity index (χ1) is 16.0. The van der Waals surface area contributed by atoms with Crippen LogP contribution in [0.15, 0.2) is 48.5 Å². The number of hydrogen-bond donors (Lipinski definition) is 0. The van der Waals surface area contributed by atoms with E-state index in [9.17, 15) is 9.59 Å². The normalized spacial score (nSPS) is 17.7. The van der Waals surface area contributed by atoms with E-state index in [2.05, 4.69) is 10.1 Å². The summed E-state index contributed by atoms with van der Waals surface area (Å²) in [7, 11) is 0. The summed E-state index contributed by atoms with van der Waals surface area (Å²) in [4.78, 5) is 33.6. The van der Waals surface area contributed by atoms with Gasteiger partial charge in [-0.15, -0.1) is 5.10 Å². The zero-order valence-electron chi connectivity index (χ0n) is 18.0. The molecule has 0 N–H and O–H groups in total. The molecule has 1 unspecified atom stereocenters. The molecule has 10 heteroatoms. The van der Waals surface area contributed by atoms with Crippen LogP contribution in [0.2, 0.25) is 5.02 Å². The number of halogens is 1. The van der Waals surface area contributed by atoms with Crippen molar-refractivity contribution in [2.75, 3.05) is 32.8 Å². The predicted octanol–water partition coefficient (Wildman–Crippen LogP) is 2.35. The number of carbonyl (C=O) groups excluding carboxylic acids is 2. The molecule has 2 aromatic carbocycles. The smallest absolute Gasteiger partial charge is 0.293 e. The van der Waals surface area contributed by atoms with Crippen molar-refractivity contribution in [3.63, 3.8) is 0 Å². The molecule has 1 aromatic heterocycles. The fourth-order valence-corrected chi connectivity index (χ4v) is 4.05. The molecule has 0 aliphatic carbocycles. The first-order valence-electron chi connectivity index (χ1n) is 10.7. The number of ether oxygens (including phenoxy) is 2. The van der Waals surface area contributed by atoms with E-state index in [4.69, 9.17) is 21.1 Å². The average Bonchev–Trinajstić information content (AvgIpc) is 3.25. The summed E-state index contributed by atoms with van der Waals surface area (Å²) in [5.74, 6) is 1.53. The molecule has 3 heterocycles. The van der Waals surface area contributed by atoms with Gasteiger partial charge in [0.1, 0.15) is 12.4 Å². The van der Waals surface area contributed by atoms with Crippen molar-refractivity contribution in [1.82, 2.24) is 24.6 Å². The Morgan fingerprint density at radius 2 is 1.64 bits per heavy atom. The van der Waals surface area contributed by atoms with E-state index < -0.39 is 6.10 Å². The molecule has 1 fully saturated rings. The Morgan fingerprint density at radius 1 is 0.970 bits per heavy atom. The SMILES string of the molecule is Cc1nc(C(=O)N2CCN(C(=O)C3COc4ccccc4O3)CC2)nn1-c1ccc(Cl)cc1. The van der Waals surface area contributed by atoms with Gasteiger partial charge in [-0.3, -0.25) is 9.59 Å². The minimum atomic E-state index is -0.693. The van der Waals surface area contributed by atoms with Gasteiger partial charge in [-0.25, -0.2) is 9.67 Å². The van der Waals surface area contributed by atoms with Crippen LogP contribution in [0.25, 0.3) is 5.69 Å². The van der Waals surface area contributed by atoms with Crippen LogP contribution in [-0.2, 0) is 4.79 Å². The van der Waals surface area contributed by atoms with Crippen LogP contribution < -0.4 is 9.47 Å². The molecular formula is C23H22ClN5O4. The van der Waals surface area contributed by atoms with Crippen molar-refractivity contribution in [1.29, 1.82) is 0 Å². The second kappa shape index (κ2) is 8.74. The molecule has 0 radical (unpaired) electrons. The maximum atomic E-state index is 13.0. The first-order valence-corrected chi connectivity index (χ1v) is 11.0. The predicted molar refractivity (Wildman–Crippen MR) is 120 cm³/mol. The number of rotatable bonds is 3. The van der Waals surface area contributed by atoms with Gasteiger partial charge in [0.25, 0.3) is 11.8 Å². The first kappa shape index (κ1) is 21.3. The van der Waals surface area contributed by atoms with Crippen molar-refractivity contribution in [2.24, 2.45) is 0 Å². The van der Waals surface area contributed by atoms with Gasteiger partial charge in [0.15, 0.2) is 11.5 Å². The lowest BCUT2D eigenvalue weighted by atomic mass is 10.2. The Morgan fingerprint density at radius 3 is 2.36 bits per heavy atom. The highest BCUT2D eigenvalue weighted by Crippen LogP contribution is 2.31. The number of aromatic nitrogens is 3. The largest absolute Gasteiger partial charge is 0.485 e. The zero-order valence-corrected chi connectivity index (χ0v) is 18.7. The quantitative estimate of drug-likeness (QED) is 0.587. The number of benzene rings is 2. The highest BCUT2D eigenvalue weighted by molar-refractivity contribution is 6.30.